The maximum Gasteiger partial charge on any atom is 0.338 e. The Balaban J connectivity index is 1.59. The monoisotopic (exact) mass is 606 g/mol. The van der Waals surface area contributed by atoms with E-state index in [-0.39, 0.29) is 53.2 Å². The van der Waals surface area contributed by atoms with Crippen LogP contribution in [0.2, 0.25) is 0 Å². The normalized spacial score (nSPS) is 16.4. The van der Waals surface area contributed by atoms with E-state index in [9.17, 15) is 28.8 Å². The van der Waals surface area contributed by atoms with Gasteiger partial charge in [-0.25, -0.2) is 14.4 Å². The summed E-state index contributed by atoms with van der Waals surface area (Å²) in [6.07, 6.45) is 4.30. The molecule has 0 atom stereocenters. The first-order valence-corrected chi connectivity index (χ1v) is 14.0. The highest BCUT2D eigenvalue weighted by molar-refractivity contribution is 6.16. The summed E-state index contributed by atoms with van der Waals surface area (Å²) in [6.45, 7) is 10.6. The van der Waals surface area contributed by atoms with Crippen LogP contribution in [0.3, 0.4) is 0 Å². The molecule has 45 heavy (non-hydrogen) atoms. The number of hydrogen-bond donors (Lipinski definition) is 0. The van der Waals surface area contributed by atoms with E-state index in [2.05, 4.69) is 19.7 Å². The Morgan fingerprint density at radius 1 is 0.422 bits per heavy atom. The van der Waals surface area contributed by atoms with Crippen LogP contribution in [0.5, 0.6) is 0 Å². The molecule has 1 saturated carbocycles. The summed E-state index contributed by atoms with van der Waals surface area (Å²) in [5.41, 5.74) is 1.32. The third-order valence-electron chi connectivity index (χ3n) is 7.14. The quantitative estimate of drug-likeness (QED) is 0.0949. The van der Waals surface area contributed by atoms with E-state index < -0.39 is 53.0 Å². The fourth-order valence-electron chi connectivity index (χ4n) is 4.83. The molecule has 1 aliphatic carbocycles. The SMILES string of the molecule is C=CCOC(=O)c1ccc(C(=O)C2C(C(=O)c3ccc(C(=O)OCC=C)cc3)C2C(=O)c2ccc(C(=O)OCC=C)cc2)cc1. The fraction of sp³-hybridized carbons (Fsp3) is 0.167. The number of hydrogen-bond acceptors (Lipinski definition) is 9. The lowest BCUT2D eigenvalue weighted by Crippen LogP contribution is -2.11. The van der Waals surface area contributed by atoms with Crippen LogP contribution in [0.4, 0.5) is 0 Å². The highest BCUT2D eigenvalue weighted by Gasteiger charge is 2.62. The molecule has 0 aromatic heterocycles. The number of carbonyl (C=O) groups excluding carboxylic acids is 6. The molecule has 0 N–H and O–H groups in total. The second-order valence-corrected chi connectivity index (χ2v) is 10.1. The van der Waals surface area contributed by atoms with Gasteiger partial charge in [-0.2, -0.15) is 0 Å². The number of Topliss-reactive ketones (excluding diaryl/α,β-unsaturated/α-hetero) is 3. The largest absolute Gasteiger partial charge is 0.458 e. The van der Waals surface area contributed by atoms with Crippen LogP contribution in [-0.2, 0) is 14.2 Å². The maximum atomic E-state index is 13.7. The molecule has 0 bridgehead atoms. The molecule has 1 fully saturated rings. The van der Waals surface area contributed by atoms with Crippen LogP contribution in [0.1, 0.15) is 62.1 Å². The van der Waals surface area contributed by atoms with Crippen LogP contribution in [-0.4, -0.2) is 55.1 Å². The van der Waals surface area contributed by atoms with Gasteiger partial charge < -0.3 is 14.2 Å². The van der Waals surface area contributed by atoms with Gasteiger partial charge in [0.1, 0.15) is 19.8 Å². The molecule has 1 aliphatic rings. The summed E-state index contributed by atoms with van der Waals surface area (Å²) in [4.78, 5) is 77.5. The highest BCUT2D eigenvalue weighted by atomic mass is 16.5. The summed E-state index contributed by atoms with van der Waals surface area (Å²) >= 11 is 0. The van der Waals surface area contributed by atoms with Crippen molar-refractivity contribution in [3.63, 3.8) is 0 Å². The minimum absolute atomic E-state index is 0.0309. The summed E-state index contributed by atoms with van der Waals surface area (Å²) in [6, 6.07) is 17.3. The first-order chi connectivity index (χ1) is 21.7. The number of benzene rings is 3. The molecule has 0 amide bonds. The molecule has 228 valence electrons. The molecule has 4 rings (SSSR count). The van der Waals surface area contributed by atoms with Crippen molar-refractivity contribution < 1.29 is 43.0 Å². The summed E-state index contributed by atoms with van der Waals surface area (Å²) in [5, 5.41) is 0. The molecule has 0 spiro atoms. The third kappa shape index (κ3) is 7.45. The number of esters is 3. The second kappa shape index (κ2) is 14.7. The summed E-state index contributed by atoms with van der Waals surface area (Å²) in [7, 11) is 0. The Kier molecular flexibility index (Phi) is 10.5. The number of ketones is 3. The van der Waals surface area contributed by atoms with Gasteiger partial charge in [0.25, 0.3) is 0 Å². The fourth-order valence-corrected chi connectivity index (χ4v) is 4.83. The molecule has 3 aromatic rings. The number of ether oxygens (including phenoxy) is 3. The van der Waals surface area contributed by atoms with Crippen molar-refractivity contribution in [2.45, 2.75) is 0 Å². The van der Waals surface area contributed by atoms with Crippen LogP contribution < -0.4 is 0 Å². The highest BCUT2D eigenvalue weighted by Crippen LogP contribution is 2.51. The Labute approximate surface area is 259 Å². The van der Waals surface area contributed by atoms with Crippen molar-refractivity contribution in [2.24, 2.45) is 17.8 Å². The van der Waals surface area contributed by atoms with Gasteiger partial charge in [-0.1, -0.05) is 74.4 Å². The van der Waals surface area contributed by atoms with Crippen molar-refractivity contribution in [3.8, 4) is 0 Å². The van der Waals surface area contributed by atoms with Crippen molar-refractivity contribution in [3.05, 3.63) is 144 Å². The lowest BCUT2D eigenvalue weighted by Gasteiger charge is -2.05. The standard InChI is InChI=1S/C36H30O9/c1-4-19-43-34(40)25-13-7-22(8-14-25)31(37)28-29(32(38)23-9-15-26(16-10-23)35(41)44-20-5-2)30(28)33(39)24-11-17-27(18-12-24)36(42)45-21-6-3/h4-18,28-30H,1-3,19-21H2. The van der Waals surface area contributed by atoms with E-state index in [4.69, 9.17) is 14.2 Å². The van der Waals surface area contributed by atoms with Crippen LogP contribution >= 0.6 is 0 Å². The Bertz CT molecular complexity index is 1440. The average Bonchev–Trinajstić information content (AvgIpc) is 3.83. The Morgan fingerprint density at radius 3 is 0.822 bits per heavy atom. The zero-order chi connectivity index (χ0) is 32.5. The average molecular weight is 607 g/mol. The summed E-state index contributed by atoms with van der Waals surface area (Å²) < 4.78 is 15.1. The van der Waals surface area contributed by atoms with Gasteiger partial charge in [0, 0.05) is 34.4 Å². The topological polar surface area (TPSA) is 130 Å². The van der Waals surface area contributed by atoms with E-state index >= 15 is 0 Å². The van der Waals surface area contributed by atoms with Crippen LogP contribution in [0.15, 0.2) is 111 Å². The smallest absolute Gasteiger partial charge is 0.338 e. The molecule has 0 radical (unpaired) electrons. The van der Waals surface area contributed by atoms with E-state index in [1.807, 2.05) is 0 Å². The van der Waals surface area contributed by atoms with E-state index in [1.54, 1.807) is 0 Å². The van der Waals surface area contributed by atoms with Gasteiger partial charge in [0.15, 0.2) is 17.3 Å². The van der Waals surface area contributed by atoms with Crippen molar-refractivity contribution in [1.29, 1.82) is 0 Å². The summed E-state index contributed by atoms with van der Waals surface area (Å²) in [5.74, 6) is -6.00. The van der Waals surface area contributed by atoms with Crippen LogP contribution in [0, 0.1) is 17.8 Å². The third-order valence-corrected chi connectivity index (χ3v) is 7.14. The van der Waals surface area contributed by atoms with Gasteiger partial charge in [0.05, 0.1) is 16.7 Å². The first-order valence-electron chi connectivity index (χ1n) is 14.0. The molecule has 9 nitrogen and oxygen atoms in total. The Morgan fingerprint density at radius 2 is 0.622 bits per heavy atom. The molecule has 9 heteroatoms. The molecular weight excluding hydrogens is 576 g/mol. The van der Waals surface area contributed by atoms with Crippen molar-refractivity contribution in [2.75, 3.05) is 19.8 Å². The van der Waals surface area contributed by atoms with E-state index in [0.29, 0.717) is 0 Å². The van der Waals surface area contributed by atoms with Gasteiger partial charge in [-0.15, -0.1) is 0 Å². The molecule has 0 saturated heterocycles. The number of rotatable bonds is 15. The van der Waals surface area contributed by atoms with E-state index in [0.717, 1.165) is 0 Å². The number of carbonyl (C=O) groups is 6. The maximum absolute atomic E-state index is 13.7. The van der Waals surface area contributed by atoms with Gasteiger partial charge in [-0.3, -0.25) is 14.4 Å². The van der Waals surface area contributed by atoms with Gasteiger partial charge in [0.2, 0.25) is 0 Å². The molecular formula is C36H30O9. The molecule has 0 aliphatic heterocycles. The molecule has 0 unspecified atom stereocenters. The minimum Gasteiger partial charge on any atom is -0.458 e. The zero-order valence-electron chi connectivity index (χ0n) is 24.3. The molecule has 0 heterocycles. The van der Waals surface area contributed by atoms with Gasteiger partial charge in [-0.05, 0) is 36.4 Å². The van der Waals surface area contributed by atoms with Crippen LogP contribution in [0.25, 0.3) is 0 Å². The Hall–Kier alpha value is -5.70. The minimum atomic E-state index is -0.974. The first kappa shape index (κ1) is 32.2. The van der Waals surface area contributed by atoms with Crippen molar-refractivity contribution >= 4 is 35.3 Å². The lowest BCUT2D eigenvalue weighted by molar-refractivity contribution is 0.0540. The predicted molar refractivity (Wildman–Crippen MR) is 164 cm³/mol. The predicted octanol–water partition coefficient (Wildman–Crippen LogP) is 5.53. The molecule has 3 aromatic carbocycles. The van der Waals surface area contributed by atoms with E-state index in [1.165, 1.54) is 91.0 Å². The lowest BCUT2D eigenvalue weighted by atomic mass is 10.00. The second-order valence-electron chi connectivity index (χ2n) is 10.1. The van der Waals surface area contributed by atoms with Gasteiger partial charge >= 0.3 is 17.9 Å². The van der Waals surface area contributed by atoms with Crippen molar-refractivity contribution in [1.82, 2.24) is 0 Å². The zero-order valence-corrected chi connectivity index (χ0v) is 24.3.